The van der Waals surface area contributed by atoms with Crippen molar-refractivity contribution >= 4 is 23.2 Å². The molecule has 0 fully saturated rings. The summed E-state index contributed by atoms with van der Waals surface area (Å²) >= 11 is 0. The average molecular weight is 445 g/mol. The quantitative estimate of drug-likeness (QED) is 0.612. The van der Waals surface area contributed by atoms with Crippen molar-refractivity contribution in [3.8, 4) is 0 Å². The molecular formula is C22H25F2N5O3. The summed E-state index contributed by atoms with van der Waals surface area (Å²) in [7, 11) is 0. The van der Waals surface area contributed by atoms with Gasteiger partial charge in [-0.15, -0.1) is 0 Å². The SMILES string of the molecule is CC.Cc1cc2ncc3c(n2n1)C(C)(C)CC3C(=O)Nc1cnc(C(=O)O)c(C(F)F)c1. The Morgan fingerprint density at radius 3 is 2.53 bits per heavy atom. The summed E-state index contributed by atoms with van der Waals surface area (Å²) in [6.07, 6.45) is 0.163. The molecule has 1 aliphatic carbocycles. The van der Waals surface area contributed by atoms with Crippen LogP contribution in [-0.2, 0) is 10.2 Å². The van der Waals surface area contributed by atoms with Crippen LogP contribution in [0.2, 0.25) is 0 Å². The average Bonchev–Trinajstić information content (AvgIpc) is 3.24. The number of nitrogens with one attached hydrogen (secondary N) is 1. The molecule has 1 unspecified atom stereocenters. The Bertz CT molecular complexity index is 1190. The number of halogens is 2. The summed E-state index contributed by atoms with van der Waals surface area (Å²) in [6.45, 7) is 9.88. The minimum absolute atomic E-state index is 0.00975. The number of rotatable bonds is 4. The molecule has 3 aromatic heterocycles. The lowest BCUT2D eigenvalue weighted by Crippen LogP contribution is -2.22. The van der Waals surface area contributed by atoms with Crippen LogP contribution in [0, 0.1) is 6.92 Å². The Labute approximate surface area is 183 Å². The number of aryl methyl sites for hydroxylation is 1. The fourth-order valence-corrected chi connectivity index (χ4v) is 4.07. The Hall–Kier alpha value is -3.43. The molecule has 170 valence electrons. The van der Waals surface area contributed by atoms with Gasteiger partial charge in [-0.3, -0.25) is 4.79 Å². The van der Waals surface area contributed by atoms with Gasteiger partial charge in [0, 0.05) is 23.2 Å². The van der Waals surface area contributed by atoms with Gasteiger partial charge in [-0.2, -0.15) is 5.10 Å². The molecule has 0 spiro atoms. The third kappa shape index (κ3) is 4.04. The van der Waals surface area contributed by atoms with Crippen molar-refractivity contribution in [2.75, 3.05) is 5.32 Å². The number of nitrogens with zero attached hydrogens (tertiary/aromatic N) is 4. The first-order valence-corrected chi connectivity index (χ1v) is 10.3. The van der Waals surface area contributed by atoms with E-state index < -0.39 is 35.5 Å². The standard InChI is InChI=1S/C20H19F2N5O3.C2H6/c1-9-4-14-23-8-13-12(6-20(2,3)16(13)27(14)26-9)18(28)25-10-5-11(17(21)22)15(19(29)30)24-7-10;1-2/h4-5,7-8,12,17H,6H2,1-3H3,(H,25,28)(H,29,30);1-2H3. The normalized spacial score (nSPS) is 16.4. The van der Waals surface area contributed by atoms with Gasteiger partial charge in [0.2, 0.25) is 5.91 Å². The van der Waals surface area contributed by atoms with Gasteiger partial charge in [0.15, 0.2) is 11.3 Å². The number of carboxylic acids is 1. The summed E-state index contributed by atoms with van der Waals surface area (Å²) in [4.78, 5) is 32.1. The van der Waals surface area contributed by atoms with Crippen LogP contribution in [0.4, 0.5) is 14.5 Å². The van der Waals surface area contributed by atoms with Crippen molar-refractivity contribution in [3.05, 3.63) is 52.7 Å². The third-order valence-electron chi connectivity index (χ3n) is 5.30. The van der Waals surface area contributed by atoms with Crippen LogP contribution in [-0.4, -0.2) is 36.6 Å². The van der Waals surface area contributed by atoms with E-state index in [9.17, 15) is 18.4 Å². The van der Waals surface area contributed by atoms with Gasteiger partial charge < -0.3 is 10.4 Å². The highest BCUT2D eigenvalue weighted by atomic mass is 19.3. The number of hydrogen-bond acceptors (Lipinski definition) is 5. The number of carbonyl (C=O) groups is 2. The van der Waals surface area contributed by atoms with Crippen LogP contribution in [0.5, 0.6) is 0 Å². The van der Waals surface area contributed by atoms with E-state index in [1.54, 1.807) is 10.7 Å². The molecule has 3 heterocycles. The van der Waals surface area contributed by atoms with Crippen LogP contribution in [0.25, 0.3) is 5.65 Å². The number of carbonyl (C=O) groups excluding carboxylic acids is 1. The van der Waals surface area contributed by atoms with Gasteiger partial charge in [0.1, 0.15) is 0 Å². The van der Waals surface area contributed by atoms with Crippen LogP contribution < -0.4 is 5.32 Å². The van der Waals surface area contributed by atoms with Crippen molar-refractivity contribution in [2.45, 2.75) is 58.8 Å². The van der Waals surface area contributed by atoms with E-state index >= 15 is 0 Å². The highest BCUT2D eigenvalue weighted by molar-refractivity contribution is 5.97. The highest BCUT2D eigenvalue weighted by Crippen LogP contribution is 2.45. The second-order valence-electron chi connectivity index (χ2n) is 8.02. The Morgan fingerprint density at radius 1 is 1.22 bits per heavy atom. The smallest absolute Gasteiger partial charge is 0.354 e. The number of aromatic nitrogens is 4. The van der Waals surface area contributed by atoms with Crippen LogP contribution >= 0.6 is 0 Å². The minimum Gasteiger partial charge on any atom is -0.476 e. The van der Waals surface area contributed by atoms with E-state index in [-0.39, 0.29) is 11.1 Å². The molecule has 0 aromatic carbocycles. The van der Waals surface area contributed by atoms with Crippen LogP contribution in [0.3, 0.4) is 0 Å². The largest absolute Gasteiger partial charge is 0.476 e. The van der Waals surface area contributed by atoms with Gasteiger partial charge in [0.25, 0.3) is 6.43 Å². The zero-order chi connectivity index (χ0) is 23.8. The zero-order valence-corrected chi connectivity index (χ0v) is 18.5. The van der Waals surface area contributed by atoms with Gasteiger partial charge >= 0.3 is 5.97 Å². The number of anilines is 1. The Balaban J connectivity index is 0.00000141. The molecule has 0 aliphatic heterocycles. The van der Waals surface area contributed by atoms with E-state index in [1.807, 2.05) is 40.7 Å². The van der Waals surface area contributed by atoms with Crippen molar-refractivity contribution in [2.24, 2.45) is 0 Å². The number of aromatic carboxylic acids is 1. The molecule has 4 rings (SSSR count). The number of fused-ring (bicyclic) bond motifs is 3. The predicted molar refractivity (Wildman–Crippen MR) is 114 cm³/mol. The lowest BCUT2D eigenvalue weighted by atomic mass is 9.88. The molecule has 32 heavy (non-hydrogen) atoms. The van der Waals surface area contributed by atoms with Gasteiger partial charge in [-0.1, -0.05) is 27.7 Å². The molecular weight excluding hydrogens is 420 g/mol. The number of carboxylic acid groups (broad SMARTS) is 1. The molecule has 0 saturated heterocycles. The summed E-state index contributed by atoms with van der Waals surface area (Å²) < 4.78 is 28.2. The van der Waals surface area contributed by atoms with Crippen molar-refractivity contribution in [1.29, 1.82) is 0 Å². The maximum Gasteiger partial charge on any atom is 0.354 e. The second kappa shape index (κ2) is 8.60. The molecule has 0 saturated carbocycles. The van der Waals surface area contributed by atoms with E-state index in [0.717, 1.165) is 29.2 Å². The van der Waals surface area contributed by atoms with Crippen LogP contribution in [0.15, 0.2) is 24.5 Å². The number of hydrogen-bond donors (Lipinski definition) is 2. The monoisotopic (exact) mass is 445 g/mol. The first-order chi connectivity index (χ1) is 15.1. The van der Waals surface area contributed by atoms with Gasteiger partial charge in [-0.25, -0.2) is 28.1 Å². The maximum absolute atomic E-state index is 13.2. The van der Waals surface area contributed by atoms with Crippen LogP contribution in [0.1, 0.15) is 79.5 Å². The van der Waals surface area contributed by atoms with E-state index in [1.165, 1.54) is 0 Å². The lowest BCUT2D eigenvalue weighted by molar-refractivity contribution is -0.117. The third-order valence-corrected chi connectivity index (χ3v) is 5.30. The number of pyridine rings is 1. The highest BCUT2D eigenvalue weighted by Gasteiger charge is 2.43. The molecule has 0 radical (unpaired) electrons. The fraction of sp³-hybridized carbons (Fsp3) is 0.409. The first kappa shape index (κ1) is 23.2. The predicted octanol–water partition coefficient (Wildman–Crippen LogP) is 4.50. The van der Waals surface area contributed by atoms with Gasteiger partial charge in [0.05, 0.1) is 34.8 Å². The maximum atomic E-state index is 13.2. The number of amides is 1. The molecule has 2 N–H and O–H groups in total. The Kier molecular flexibility index (Phi) is 6.25. The molecule has 3 aromatic rings. The summed E-state index contributed by atoms with van der Waals surface area (Å²) in [5.41, 5.74) is 1.26. The fourth-order valence-electron chi connectivity index (χ4n) is 4.07. The Morgan fingerprint density at radius 2 is 1.91 bits per heavy atom. The lowest BCUT2D eigenvalue weighted by Gasteiger charge is -2.19. The number of alkyl halides is 2. The van der Waals surface area contributed by atoms with Crippen molar-refractivity contribution < 1.29 is 23.5 Å². The van der Waals surface area contributed by atoms with E-state index in [0.29, 0.717) is 12.1 Å². The second-order valence-corrected chi connectivity index (χ2v) is 8.02. The minimum atomic E-state index is -3.04. The molecule has 1 atom stereocenters. The molecule has 10 heteroatoms. The van der Waals surface area contributed by atoms with Crippen molar-refractivity contribution in [1.82, 2.24) is 19.6 Å². The summed E-state index contributed by atoms with van der Waals surface area (Å²) in [5.74, 6) is -2.53. The summed E-state index contributed by atoms with van der Waals surface area (Å²) in [6, 6.07) is 2.80. The zero-order valence-electron chi connectivity index (χ0n) is 18.5. The topological polar surface area (TPSA) is 109 Å². The molecule has 1 aliphatic rings. The summed E-state index contributed by atoms with van der Waals surface area (Å²) in [5, 5.41) is 16.1. The molecule has 1 amide bonds. The molecule has 8 nitrogen and oxygen atoms in total. The van der Waals surface area contributed by atoms with Gasteiger partial charge in [-0.05, 0) is 19.4 Å². The van der Waals surface area contributed by atoms with E-state index in [2.05, 4.69) is 20.4 Å². The molecule has 0 bridgehead atoms. The van der Waals surface area contributed by atoms with E-state index in [4.69, 9.17) is 5.11 Å². The first-order valence-electron chi connectivity index (χ1n) is 10.3. The van der Waals surface area contributed by atoms with Crippen molar-refractivity contribution in [3.63, 3.8) is 0 Å².